The van der Waals surface area contributed by atoms with Crippen LogP contribution < -0.4 is 5.73 Å². The molecule has 1 aliphatic heterocycles. The number of amidine groups is 1. The molecular formula is C12H18N4O. The molecule has 1 aliphatic rings. The first-order valence-corrected chi connectivity index (χ1v) is 5.91. The van der Waals surface area contributed by atoms with Gasteiger partial charge in [0.15, 0.2) is 5.84 Å². The summed E-state index contributed by atoms with van der Waals surface area (Å²) in [5.41, 5.74) is 6.94. The largest absolute Gasteiger partial charge is 0.409 e. The zero-order valence-electron chi connectivity index (χ0n) is 9.79. The Hall–Kier alpha value is -1.62. The predicted molar refractivity (Wildman–Crippen MR) is 65.7 cm³/mol. The van der Waals surface area contributed by atoms with Crippen LogP contribution in [0, 0.1) is 0 Å². The standard InChI is InChI=1S/C12H18N4O/c13-12(15-17)11-3-1-2-8-16(11)9-10-4-6-14-7-5-10/h4-7,11,17H,1-3,8-9H2,(H2,13,15). The molecule has 0 bridgehead atoms. The highest BCUT2D eigenvalue weighted by atomic mass is 16.4. The van der Waals surface area contributed by atoms with Gasteiger partial charge in [-0.1, -0.05) is 11.6 Å². The minimum atomic E-state index is 0.0573. The molecule has 1 fully saturated rings. The maximum absolute atomic E-state index is 8.80. The third-order valence-electron chi connectivity index (χ3n) is 3.21. The van der Waals surface area contributed by atoms with Gasteiger partial charge >= 0.3 is 0 Å². The van der Waals surface area contributed by atoms with Crippen LogP contribution in [0.25, 0.3) is 0 Å². The highest BCUT2D eigenvalue weighted by Crippen LogP contribution is 2.19. The van der Waals surface area contributed by atoms with Crippen molar-refractivity contribution in [3.8, 4) is 0 Å². The molecule has 0 radical (unpaired) electrons. The Morgan fingerprint density at radius 1 is 1.47 bits per heavy atom. The topological polar surface area (TPSA) is 74.7 Å². The van der Waals surface area contributed by atoms with Crippen LogP contribution in [-0.2, 0) is 6.54 Å². The van der Waals surface area contributed by atoms with Gasteiger partial charge in [0, 0.05) is 18.9 Å². The van der Waals surface area contributed by atoms with Crippen molar-refractivity contribution in [2.24, 2.45) is 10.9 Å². The summed E-state index contributed by atoms with van der Waals surface area (Å²) >= 11 is 0. The summed E-state index contributed by atoms with van der Waals surface area (Å²) in [6.07, 6.45) is 6.84. The summed E-state index contributed by atoms with van der Waals surface area (Å²) in [6, 6.07) is 4.05. The van der Waals surface area contributed by atoms with Crippen molar-refractivity contribution in [3.05, 3.63) is 30.1 Å². The molecule has 1 aromatic heterocycles. The Bertz CT molecular complexity index is 379. The summed E-state index contributed by atoms with van der Waals surface area (Å²) in [5, 5.41) is 11.9. The van der Waals surface area contributed by atoms with E-state index in [1.165, 1.54) is 12.0 Å². The molecule has 5 heteroatoms. The van der Waals surface area contributed by atoms with Gasteiger partial charge in [0.05, 0.1) is 6.04 Å². The van der Waals surface area contributed by atoms with E-state index in [4.69, 9.17) is 10.9 Å². The molecule has 1 saturated heterocycles. The number of rotatable bonds is 3. The fourth-order valence-corrected chi connectivity index (χ4v) is 2.30. The molecule has 2 heterocycles. The Kier molecular flexibility index (Phi) is 3.93. The summed E-state index contributed by atoms with van der Waals surface area (Å²) in [6.45, 7) is 1.81. The minimum absolute atomic E-state index is 0.0573. The van der Waals surface area contributed by atoms with Gasteiger partial charge in [-0.2, -0.15) is 0 Å². The Morgan fingerprint density at radius 3 is 2.94 bits per heavy atom. The number of nitrogens with two attached hydrogens (primary N) is 1. The molecule has 0 saturated carbocycles. The summed E-state index contributed by atoms with van der Waals surface area (Å²) < 4.78 is 0. The van der Waals surface area contributed by atoms with Crippen molar-refractivity contribution >= 4 is 5.84 Å². The first-order chi connectivity index (χ1) is 8.31. The van der Waals surface area contributed by atoms with Crippen molar-refractivity contribution in [2.45, 2.75) is 31.8 Å². The van der Waals surface area contributed by atoms with Gasteiger partial charge in [-0.25, -0.2) is 0 Å². The summed E-state index contributed by atoms with van der Waals surface area (Å²) in [4.78, 5) is 6.26. The van der Waals surface area contributed by atoms with Gasteiger partial charge in [0.25, 0.3) is 0 Å². The van der Waals surface area contributed by atoms with E-state index in [2.05, 4.69) is 15.0 Å². The summed E-state index contributed by atoms with van der Waals surface area (Å²) in [5.74, 6) is 0.318. The third kappa shape index (κ3) is 2.94. The molecule has 0 spiro atoms. The maximum atomic E-state index is 8.80. The van der Waals surface area contributed by atoms with Gasteiger partial charge in [0.2, 0.25) is 0 Å². The van der Waals surface area contributed by atoms with Crippen LogP contribution in [0.1, 0.15) is 24.8 Å². The number of hydrogen-bond acceptors (Lipinski definition) is 4. The maximum Gasteiger partial charge on any atom is 0.156 e. The fourth-order valence-electron chi connectivity index (χ4n) is 2.30. The highest BCUT2D eigenvalue weighted by molar-refractivity contribution is 5.85. The van der Waals surface area contributed by atoms with E-state index >= 15 is 0 Å². The second kappa shape index (κ2) is 5.63. The molecule has 0 aromatic carbocycles. The molecule has 0 amide bonds. The first-order valence-electron chi connectivity index (χ1n) is 5.91. The molecule has 1 atom stereocenters. The molecule has 1 aromatic rings. The molecule has 3 N–H and O–H groups in total. The molecule has 17 heavy (non-hydrogen) atoms. The quantitative estimate of drug-likeness (QED) is 0.356. The van der Waals surface area contributed by atoms with E-state index in [0.29, 0.717) is 5.84 Å². The molecule has 92 valence electrons. The van der Waals surface area contributed by atoms with Gasteiger partial charge in [0.1, 0.15) is 0 Å². The Labute approximate surface area is 101 Å². The van der Waals surface area contributed by atoms with Crippen molar-refractivity contribution in [1.29, 1.82) is 0 Å². The second-order valence-corrected chi connectivity index (χ2v) is 4.36. The van der Waals surface area contributed by atoms with Crippen LogP contribution in [0.5, 0.6) is 0 Å². The highest BCUT2D eigenvalue weighted by Gasteiger charge is 2.25. The smallest absolute Gasteiger partial charge is 0.156 e. The van der Waals surface area contributed by atoms with Crippen LogP contribution in [0.2, 0.25) is 0 Å². The molecule has 1 unspecified atom stereocenters. The zero-order chi connectivity index (χ0) is 12.1. The van der Waals surface area contributed by atoms with E-state index in [0.717, 1.165) is 25.9 Å². The zero-order valence-corrected chi connectivity index (χ0v) is 9.79. The van der Waals surface area contributed by atoms with Gasteiger partial charge < -0.3 is 10.9 Å². The molecule has 2 rings (SSSR count). The van der Waals surface area contributed by atoms with Crippen molar-refractivity contribution < 1.29 is 5.21 Å². The minimum Gasteiger partial charge on any atom is -0.409 e. The SMILES string of the molecule is NC(=NO)C1CCCCN1Cc1ccncc1. The fraction of sp³-hybridized carbons (Fsp3) is 0.500. The monoisotopic (exact) mass is 234 g/mol. The molecule has 5 nitrogen and oxygen atoms in total. The van der Waals surface area contributed by atoms with Gasteiger partial charge in [-0.3, -0.25) is 9.88 Å². The number of oxime groups is 1. The van der Waals surface area contributed by atoms with Crippen molar-refractivity contribution in [2.75, 3.05) is 6.54 Å². The van der Waals surface area contributed by atoms with Crippen LogP contribution in [0.4, 0.5) is 0 Å². The lowest BCUT2D eigenvalue weighted by molar-refractivity contribution is 0.178. The normalized spacial score (nSPS) is 22.6. The molecular weight excluding hydrogens is 216 g/mol. The summed E-state index contributed by atoms with van der Waals surface area (Å²) in [7, 11) is 0. The van der Waals surface area contributed by atoms with E-state index in [1.54, 1.807) is 12.4 Å². The van der Waals surface area contributed by atoms with Crippen LogP contribution in [0.3, 0.4) is 0 Å². The molecule has 0 aliphatic carbocycles. The Balaban J connectivity index is 2.07. The van der Waals surface area contributed by atoms with Crippen LogP contribution in [0.15, 0.2) is 29.7 Å². The number of pyridine rings is 1. The van der Waals surface area contributed by atoms with E-state index < -0.39 is 0 Å². The van der Waals surface area contributed by atoms with Gasteiger partial charge in [-0.05, 0) is 37.1 Å². The number of piperidine rings is 1. The lowest BCUT2D eigenvalue weighted by Crippen LogP contribution is -2.47. The van der Waals surface area contributed by atoms with Crippen molar-refractivity contribution in [3.63, 3.8) is 0 Å². The van der Waals surface area contributed by atoms with Crippen LogP contribution >= 0.6 is 0 Å². The first kappa shape index (κ1) is 11.9. The Morgan fingerprint density at radius 2 is 2.24 bits per heavy atom. The van der Waals surface area contributed by atoms with Gasteiger partial charge in [-0.15, -0.1) is 0 Å². The average molecular weight is 234 g/mol. The number of nitrogens with zero attached hydrogens (tertiary/aromatic N) is 3. The third-order valence-corrected chi connectivity index (χ3v) is 3.21. The van der Waals surface area contributed by atoms with Crippen molar-refractivity contribution in [1.82, 2.24) is 9.88 Å². The van der Waals surface area contributed by atoms with Crippen LogP contribution in [-0.4, -0.2) is 33.5 Å². The van der Waals surface area contributed by atoms with E-state index in [1.807, 2.05) is 12.1 Å². The average Bonchev–Trinajstić information content (AvgIpc) is 2.40. The lowest BCUT2D eigenvalue weighted by atomic mass is 10.0. The number of hydrogen-bond donors (Lipinski definition) is 2. The number of aromatic nitrogens is 1. The predicted octanol–water partition coefficient (Wildman–Crippen LogP) is 1.18. The second-order valence-electron chi connectivity index (χ2n) is 4.36. The number of likely N-dealkylation sites (tertiary alicyclic amines) is 1. The lowest BCUT2D eigenvalue weighted by Gasteiger charge is -2.34. The van der Waals surface area contributed by atoms with E-state index in [-0.39, 0.29) is 6.04 Å². The van der Waals surface area contributed by atoms with E-state index in [9.17, 15) is 0 Å².